The minimum Gasteiger partial charge on any atom is -0.480 e. The Morgan fingerprint density at radius 2 is 1.95 bits per heavy atom. The summed E-state index contributed by atoms with van der Waals surface area (Å²) in [5.41, 5.74) is 2.75. The lowest BCUT2D eigenvalue weighted by Crippen LogP contribution is -2.40. The van der Waals surface area contributed by atoms with E-state index in [4.69, 9.17) is 0 Å². The Labute approximate surface area is 132 Å². The van der Waals surface area contributed by atoms with E-state index in [1.165, 1.54) is 0 Å². The molecule has 0 aromatic heterocycles. The second-order valence-electron chi connectivity index (χ2n) is 5.62. The van der Waals surface area contributed by atoms with Crippen molar-refractivity contribution in [2.45, 2.75) is 52.5 Å². The summed E-state index contributed by atoms with van der Waals surface area (Å²) in [6, 6.07) is 4.95. The molecule has 3 N–H and O–H groups in total. The van der Waals surface area contributed by atoms with E-state index in [2.05, 4.69) is 17.6 Å². The molecule has 1 amide bonds. The number of aryl methyl sites for hydroxylation is 2. The van der Waals surface area contributed by atoms with Crippen molar-refractivity contribution < 1.29 is 14.7 Å². The second kappa shape index (κ2) is 9.20. The summed E-state index contributed by atoms with van der Waals surface area (Å²) < 4.78 is 0. The van der Waals surface area contributed by atoms with E-state index in [1.54, 1.807) is 0 Å². The summed E-state index contributed by atoms with van der Waals surface area (Å²) in [7, 11) is 0. The number of benzene rings is 1. The highest BCUT2D eigenvalue weighted by Gasteiger charge is 2.20. The largest absolute Gasteiger partial charge is 0.480 e. The van der Waals surface area contributed by atoms with Crippen molar-refractivity contribution in [3.8, 4) is 0 Å². The predicted octanol–water partition coefficient (Wildman–Crippen LogP) is 2.87. The average molecular weight is 306 g/mol. The highest BCUT2D eigenvalue weighted by Crippen LogP contribution is 2.16. The number of hydrogen-bond donors (Lipinski definition) is 3. The van der Waals surface area contributed by atoms with E-state index >= 15 is 0 Å². The third-order valence-corrected chi connectivity index (χ3v) is 3.53. The van der Waals surface area contributed by atoms with Crippen molar-refractivity contribution in [3.63, 3.8) is 0 Å². The van der Waals surface area contributed by atoms with Gasteiger partial charge in [-0.2, -0.15) is 0 Å². The lowest BCUT2D eigenvalue weighted by atomic mass is 10.1. The van der Waals surface area contributed by atoms with Crippen LogP contribution in [-0.4, -0.2) is 29.6 Å². The lowest BCUT2D eigenvalue weighted by Gasteiger charge is -2.15. The number of unbranched alkanes of at least 4 members (excludes halogenated alkanes) is 2. The summed E-state index contributed by atoms with van der Waals surface area (Å²) >= 11 is 0. The van der Waals surface area contributed by atoms with Crippen LogP contribution < -0.4 is 10.6 Å². The third-order valence-electron chi connectivity index (χ3n) is 3.53. The summed E-state index contributed by atoms with van der Waals surface area (Å²) in [4.78, 5) is 23.3. The van der Waals surface area contributed by atoms with E-state index in [1.807, 2.05) is 32.0 Å². The topological polar surface area (TPSA) is 78.4 Å². The standard InChI is InChI=1S/C17H26N2O3/c1-4-5-6-9-18-15(17(21)22)11-16(20)19-14-10-12(2)7-8-13(14)3/h7-8,10,15,18H,4-6,9,11H2,1-3H3,(H,19,20)(H,21,22)/t15-/m1/s1. The van der Waals surface area contributed by atoms with Crippen molar-refractivity contribution in [3.05, 3.63) is 29.3 Å². The van der Waals surface area contributed by atoms with Gasteiger partial charge in [-0.1, -0.05) is 31.9 Å². The normalized spacial score (nSPS) is 12.0. The number of carboxylic acid groups (broad SMARTS) is 1. The number of carbonyl (C=O) groups is 2. The first kappa shape index (κ1) is 18.2. The maximum atomic E-state index is 12.1. The summed E-state index contributed by atoms with van der Waals surface area (Å²) in [6.07, 6.45) is 2.97. The van der Waals surface area contributed by atoms with E-state index in [0.717, 1.165) is 36.1 Å². The van der Waals surface area contributed by atoms with Gasteiger partial charge < -0.3 is 15.7 Å². The van der Waals surface area contributed by atoms with Crippen LogP contribution in [0.1, 0.15) is 43.7 Å². The molecular weight excluding hydrogens is 280 g/mol. The molecule has 1 rings (SSSR count). The molecule has 0 radical (unpaired) electrons. The SMILES string of the molecule is CCCCCN[C@H](CC(=O)Nc1cc(C)ccc1C)C(=O)O. The first-order chi connectivity index (χ1) is 10.4. The molecule has 0 unspecified atom stereocenters. The van der Waals surface area contributed by atoms with Gasteiger partial charge >= 0.3 is 5.97 Å². The molecule has 0 spiro atoms. The molecule has 5 nitrogen and oxygen atoms in total. The summed E-state index contributed by atoms with van der Waals surface area (Å²) in [5, 5.41) is 14.9. The van der Waals surface area contributed by atoms with Gasteiger partial charge in [-0.15, -0.1) is 0 Å². The lowest BCUT2D eigenvalue weighted by molar-refractivity contribution is -0.141. The van der Waals surface area contributed by atoms with Crippen molar-refractivity contribution in [1.29, 1.82) is 0 Å². The van der Waals surface area contributed by atoms with Gasteiger partial charge in [-0.25, -0.2) is 0 Å². The quantitative estimate of drug-likeness (QED) is 0.613. The van der Waals surface area contributed by atoms with E-state index in [0.29, 0.717) is 6.54 Å². The van der Waals surface area contributed by atoms with E-state index < -0.39 is 12.0 Å². The Balaban J connectivity index is 2.56. The fourth-order valence-corrected chi connectivity index (χ4v) is 2.16. The molecule has 0 fully saturated rings. The van der Waals surface area contributed by atoms with Gasteiger partial charge in [-0.3, -0.25) is 9.59 Å². The zero-order chi connectivity index (χ0) is 16.5. The number of hydrogen-bond acceptors (Lipinski definition) is 3. The van der Waals surface area contributed by atoms with Gasteiger partial charge in [0.05, 0.1) is 6.42 Å². The van der Waals surface area contributed by atoms with Gasteiger partial charge in [-0.05, 0) is 44.0 Å². The monoisotopic (exact) mass is 306 g/mol. The second-order valence-corrected chi connectivity index (χ2v) is 5.62. The number of anilines is 1. The van der Waals surface area contributed by atoms with Gasteiger partial charge in [0.15, 0.2) is 0 Å². The van der Waals surface area contributed by atoms with Crippen LogP contribution in [-0.2, 0) is 9.59 Å². The molecule has 0 aliphatic rings. The molecule has 0 heterocycles. The van der Waals surface area contributed by atoms with Crippen molar-refractivity contribution in [1.82, 2.24) is 5.32 Å². The van der Waals surface area contributed by atoms with Crippen LogP contribution in [0.3, 0.4) is 0 Å². The molecule has 1 aromatic carbocycles. The van der Waals surface area contributed by atoms with Crippen LogP contribution in [0.25, 0.3) is 0 Å². The first-order valence-electron chi connectivity index (χ1n) is 7.77. The predicted molar refractivity (Wildman–Crippen MR) is 88.1 cm³/mol. The van der Waals surface area contributed by atoms with Crippen LogP contribution in [0, 0.1) is 13.8 Å². The first-order valence-corrected chi connectivity index (χ1v) is 7.77. The van der Waals surface area contributed by atoms with Crippen molar-refractivity contribution in [2.24, 2.45) is 0 Å². The van der Waals surface area contributed by atoms with Crippen molar-refractivity contribution in [2.75, 3.05) is 11.9 Å². The van der Waals surface area contributed by atoms with Crippen LogP contribution in [0.5, 0.6) is 0 Å². The van der Waals surface area contributed by atoms with Crippen molar-refractivity contribution >= 4 is 17.6 Å². The molecule has 0 saturated carbocycles. The van der Waals surface area contributed by atoms with E-state index in [9.17, 15) is 14.7 Å². The number of carboxylic acids is 1. The van der Waals surface area contributed by atoms with Gasteiger partial charge in [0.2, 0.25) is 5.91 Å². The minimum atomic E-state index is -0.993. The molecule has 5 heteroatoms. The molecule has 1 atom stereocenters. The molecule has 0 aliphatic heterocycles. The molecule has 22 heavy (non-hydrogen) atoms. The number of amides is 1. The Kier molecular flexibility index (Phi) is 7.60. The Hall–Kier alpha value is -1.88. The van der Waals surface area contributed by atoms with Crippen LogP contribution in [0.2, 0.25) is 0 Å². The summed E-state index contributed by atoms with van der Waals surface area (Å²) in [5.74, 6) is -1.28. The van der Waals surface area contributed by atoms with Crippen LogP contribution in [0.15, 0.2) is 18.2 Å². The molecule has 0 saturated heterocycles. The van der Waals surface area contributed by atoms with Gasteiger partial charge in [0.25, 0.3) is 0 Å². The van der Waals surface area contributed by atoms with E-state index in [-0.39, 0.29) is 12.3 Å². The minimum absolute atomic E-state index is 0.0746. The third kappa shape index (κ3) is 6.26. The number of nitrogens with one attached hydrogen (secondary N) is 2. The fourth-order valence-electron chi connectivity index (χ4n) is 2.16. The number of carbonyl (C=O) groups excluding carboxylic acids is 1. The maximum absolute atomic E-state index is 12.1. The molecule has 0 bridgehead atoms. The Morgan fingerprint density at radius 1 is 1.23 bits per heavy atom. The molecule has 0 aliphatic carbocycles. The van der Waals surface area contributed by atoms with Gasteiger partial charge in [0.1, 0.15) is 6.04 Å². The molecule has 122 valence electrons. The van der Waals surface area contributed by atoms with Crippen LogP contribution >= 0.6 is 0 Å². The van der Waals surface area contributed by atoms with Gasteiger partial charge in [0, 0.05) is 5.69 Å². The number of aliphatic carboxylic acids is 1. The van der Waals surface area contributed by atoms with Crippen LogP contribution in [0.4, 0.5) is 5.69 Å². The molecular formula is C17H26N2O3. The highest BCUT2D eigenvalue weighted by atomic mass is 16.4. The fraction of sp³-hybridized carbons (Fsp3) is 0.529. The number of rotatable bonds is 9. The Morgan fingerprint density at radius 3 is 2.59 bits per heavy atom. The maximum Gasteiger partial charge on any atom is 0.321 e. The molecule has 1 aromatic rings. The smallest absolute Gasteiger partial charge is 0.321 e. The zero-order valence-corrected chi connectivity index (χ0v) is 13.6. The zero-order valence-electron chi connectivity index (χ0n) is 13.6. The Bertz CT molecular complexity index is 515. The average Bonchev–Trinajstić information content (AvgIpc) is 2.46. The summed E-state index contributed by atoms with van der Waals surface area (Å²) in [6.45, 7) is 6.56. The highest BCUT2D eigenvalue weighted by molar-refractivity contribution is 5.94.